The minimum atomic E-state index is -0.537. The molecule has 5 aliphatic rings. The van der Waals surface area contributed by atoms with Crippen molar-refractivity contribution in [3.63, 3.8) is 0 Å². The molecule has 0 unspecified atom stereocenters. The van der Waals surface area contributed by atoms with Crippen LogP contribution in [0.5, 0.6) is 0 Å². The number of imide groups is 1. The molecule has 1 aromatic carbocycles. The van der Waals surface area contributed by atoms with Crippen LogP contribution < -0.4 is 4.90 Å². The highest BCUT2D eigenvalue weighted by Gasteiger charge is 2.67. The van der Waals surface area contributed by atoms with Crippen LogP contribution in [-0.4, -0.2) is 24.9 Å². The van der Waals surface area contributed by atoms with Crippen LogP contribution in [0.1, 0.15) is 16.8 Å². The first-order valence-electron chi connectivity index (χ1n) is 8.37. The van der Waals surface area contributed by atoms with Crippen LogP contribution in [0.3, 0.4) is 0 Å². The van der Waals surface area contributed by atoms with Gasteiger partial charge in [-0.3, -0.25) is 9.59 Å². The van der Waals surface area contributed by atoms with Crippen molar-refractivity contribution in [2.24, 2.45) is 35.5 Å². The predicted octanol–water partition coefficient (Wildman–Crippen LogP) is 2.03. The van der Waals surface area contributed by atoms with Gasteiger partial charge in [0.1, 0.15) is 0 Å². The Labute approximate surface area is 139 Å². The molecule has 6 atom stereocenters. The smallest absolute Gasteiger partial charge is 0.339 e. The van der Waals surface area contributed by atoms with E-state index in [2.05, 4.69) is 12.2 Å². The number of ether oxygens (including phenoxy) is 1. The lowest BCUT2D eigenvalue weighted by atomic mass is 9.63. The number of rotatable bonds is 2. The number of benzene rings is 1. The van der Waals surface area contributed by atoms with Gasteiger partial charge in [-0.1, -0.05) is 24.3 Å². The zero-order valence-electron chi connectivity index (χ0n) is 13.2. The third-order valence-corrected chi connectivity index (χ3v) is 6.21. The second-order valence-electron chi connectivity index (χ2n) is 7.18. The number of methoxy groups -OCH3 is 1. The molecule has 24 heavy (non-hydrogen) atoms. The molecule has 1 aromatic rings. The van der Waals surface area contributed by atoms with Gasteiger partial charge in [-0.2, -0.15) is 0 Å². The molecule has 1 heterocycles. The summed E-state index contributed by atoms with van der Waals surface area (Å²) in [5, 5.41) is 0. The molecule has 5 nitrogen and oxygen atoms in total. The van der Waals surface area contributed by atoms with Gasteiger partial charge in [-0.25, -0.2) is 9.69 Å². The van der Waals surface area contributed by atoms with E-state index in [0.717, 1.165) is 6.42 Å². The van der Waals surface area contributed by atoms with Gasteiger partial charge < -0.3 is 4.74 Å². The number of anilines is 1. The lowest BCUT2D eigenvalue weighted by Crippen LogP contribution is -2.40. The largest absolute Gasteiger partial charge is 0.465 e. The topological polar surface area (TPSA) is 63.7 Å². The summed E-state index contributed by atoms with van der Waals surface area (Å²) in [6, 6.07) is 6.67. The van der Waals surface area contributed by atoms with Gasteiger partial charge >= 0.3 is 5.97 Å². The maximum absolute atomic E-state index is 13.1. The standard InChI is InChI=1S/C19H17NO4/c1-24-19(23)11-4-2-3-5-14(11)20-17(21)15-9-6-7-10(13-8-12(9)13)16(15)18(20)22/h2-7,9-10,12-13,15-16H,8H2,1H3/t9-,10+,12-,13-,15+,16-/m1/s1. The van der Waals surface area contributed by atoms with E-state index in [1.165, 1.54) is 12.0 Å². The first-order valence-corrected chi connectivity index (χ1v) is 8.37. The van der Waals surface area contributed by atoms with E-state index in [4.69, 9.17) is 4.74 Å². The zero-order valence-corrected chi connectivity index (χ0v) is 13.2. The fourth-order valence-electron chi connectivity index (χ4n) is 5.15. The Bertz CT molecular complexity index is 777. The first kappa shape index (κ1) is 14.0. The molecule has 122 valence electrons. The lowest BCUT2D eigenvalue weighted by Gasteiger charge is -2.37. The Morgan fingerprint density at radius 3 is 2.21 bits per heavy atom. The summed E-state index contributed by atoms with van der Waals surface area (Å²) in [7, 11) is 1.30. The molecule has 3 fully saturated rings. The Hall–Kier alpha value is -2.43. The molecule has 0 spiro atoms. The number of hydrogen-bond acceptors (Lipinski definition) is 4. The second kappa shape index (κ2) is 4.56. The van der Waals surface area contributed by atoms with Crippen molar-refractivity contribution in [2.45, 2.75) is 6.42 Å². The van der Waals surface area contributed by atoms with Gasteiger partial charge in [0.2, 0.25) is 11.8 Å². The molecule has 2 bridgehead atoms. The molecular formula is C19H17NO4. The van der Waals surface area contributed by atoms with Crippen LogP contribution in [0.15, 0.2) is 36.4 Å². The number of para-hydroxylation sites is 1. The maximum atomic E-state index is 13.1. The summed E-state index contributed by atoms with van der Waals surface area (Å²) < 4.78 is 4.80. The highest BCUT2D eigenvalue weighted by atomic mass is 16.5. The molecule has 2 saturated carbocycles. The molecule has 6 rings (SSSR count). The number of carbonyl (C=O) groups is 3. The molecule has 2 amide bonds. The van der Waals surface area contributed by atoms with E-state index >= 15 is 0 Å². The number of carbonyl (C=O) groups excluding carboxylic acids is 3. The van der Waals surface area contributed by atoms with Gasteiger partial charge in [-0.05, 0) is 42.2 Å². The predicted molar refractivity (Wildman–Crippen MR) is 85.0 cm³/mol. The Morgan fingerprint density at radius 1 is 1.04 bits per heavy atom. The summed E-state index contributed by atoms with van der Waals surface area (Å²) in [5.74, 6) is 0.0992. The SMILES string of the molecule is COC(=O)c1ccccc1N1C(=O)[C@@H]2[C@H]3C=C[C@H]([C@H]4C[C@H]34)[C@@H]2C1=O. The van der Waals surface area contributed by atoms with Crippen molar-refractivity contribution in [2.75, 3.05) is 12.0 Å². The number of allylic oxidation sites excluding steroid dienone is 2. The van der Waals surface area contributed by atoms with Crippen molar-refractivity contribution in [1.29, 1.82) is 0 Å². The van der Waals surface area contributed by atoms with Gasteiger partial charge in [0.05, 0.1) is 30.2 Å². The van der Waals surface area contributed by atoms with Gasteiger partial charge in [-0.15, -0.1) is 0 Å². The van der Waals surface area contributed by atoms with Gasteiger partial charge in [0.25, 0.3) is 0 Å². The summed E-state index contributed by atoms with van der Waals surface area (Å²) in [6.07, 6.45) is 5.41. The minimum absolute atomic E-state index is 0.161. The molecule has 0 N–H and O–H groups in total. The molecular weight excluding hydrogens is 306 g/mol. The van der Waals surface area contributed by atoms with Crippen LogP contribution in [-0.2, 0) is 14.3 Å². The van der Waals surface area contributed by atoms with Crippen LogP contribution in [0, 0.1) is 35.5 Å². The first-order chi connectivity index (χ1) is 11.6. The van der Waals surface area contributed by atoms with E-state index < -0.39 is 5.97 Å². The Morgan fingerprint density at radius 2 is 1.62 bits per heavy atom. The van der Waals surface area contributed by atoms with Crippen LogP contribution in [0.25, 0.3) is 0 Å². The number of hydrogen-bond donors (Lipinski definition) is 0. The van der Waals surface area contributed by atoms with E-state index in [1.54, 1.807) is 24.3 Å². The maximum Gasteiger partial charge on any atom is 0.339 e. The van der Waals surface area contributed by atoms with Crippen molar-refractivity contribution < 1.29 is 19.1 Å². The van der Waals surface area contributed by atoms with Crippen molar-refractivity contribution in [3.8, 4) is 0 Å². The summed E-state index contributed by atoms with van der Waals surface area (Å²) >= 11 is 0. The lowest BCUT2D eigenvalue weighted by molar-refractivity contribution is -0.124. The molecule has 0 aromatic heterocycles. The van der Waals surface area contributed by atoms with E-state index in [9.17, 15) is 14.4 Å². The van der Waals surface area contributed by atoms with E-state index in [1.807, 2.05) is 0 Å². The highest BCUT2D eigenvalue weighted by Crippen LogP contribution is 2.65. The molecule has 1 aliphatic heterocycles. The average molecular weight is 323 g/mol. The Kier molecular flexibility index (Phi) is 2.65. The second-order valence-corrected chi connectivity index (χ2v) is 7.18. The normalized spacial score (nSPS) is 38.1. The summed E-state index contributed by atoms with van der Waals surface area (Å²) in [6.45, 7) is 0. The third kappa shape index (κ3) is 1.57. The molecule has 1 saturated heterocycles. The van der Waals surface area contributed by atoms with Crippen molar-refractivity contribution in [3.05, 3.63) is 42.0 Å². The molecule has 0 radical (unpaired) electrons. The number of amides is 2. The Balaban J connectivity index is 1.59. The molecule has 4 aliphatic carbocycles. The van der Waals surface area contributed by atoms with Crippen molar-refractivity contribution in [1.82, 2.24) is 0 Å². The number of esters is 1. The minimum Gasteiger partial charge on any atom is -0.465 e. The summed E-state index contributed by atoms with van der Waals surface area (Å²) in [4.78, 5) is 39.4. The van der Waals surface area contributed by atoms with Crippen molar-refractivity contribution >= 4 is 23.5 Å². The highest BCUT2D eigenvalue weighted by molar-refractivity contribution is 6.24. The third-order valence-electron chi connectivity index (χ3n) is 6.21. The zero-order chi connectivity index (χ0) is 16.6. The fourth-order valence-corrected chi connectivity index (χ4v) is 5.15. The van der Waals surface area contributed by atoms with Crippen LogP contribution in [0.2, 0.25) is 0 Å². The van der Waals surface area contributed by atoms with Gasteiger partial charge in [0, 0.05) is 0 Å². The quantitative estimate of drug-likeness (QED) is 0.475. The average Bonchev–Trinajstić information content (AvgIpc) is 3.39. The van der Waals surface area contributed by atoms with E-state index in [-0.39, 0.29) is 41.0 Å². The molecule has 5 heteroatoms. The summed E-state index contributed by atoms with van der Waals surface area (Å²) in [5.41, 5.74) is 0.604. The van der Waals surface area contributed by atoms with Gasteiger partial charge in [0.15, 0.2) is 0 Å². The number of nitrogens with zero attached hydrogens (tertiary/aromatic N) is 1. The monoisotopic (exact) mass is 323 g/mol. The van der Waals surface area contributed by atoms with Crippen LogP contribution >= 0.6 is 0 Å². The van der Waals surface area contributed by atoms with Crippen LogP contribution in [0.4, 0.5) is 5.69 Å². The van der Waals surface area contributed by atoms with E-state index in [0.29, 0.717) is 17.5 Å². The fraction of sp³-hybridized carbons (Fsp3) is 0.421.